The molecular weight excluding hydrogens is 332 g/mol. The molecule has 0 saturated carbocycles. The van der Waals surface area contributed by atoms with E-state index in [1.54, 1.807) is 34.7 Å². The quantitative estimate of drug-likeness (QED) is 0.423. The Kier molecular flexibility index (Phi) is 7.54. The van der Waals surface area contributed by atoms with Gasteiger partial charge in [0.05, 0.1) is 0 Å². The van der Waals surface area contributed by atoms with Crippen molar-refractivity contribution in [3.63, 3.8) is 0 Å². The summed E-state index contributed by atoms with van der Waals surface area (Å²) in [5.41, 5.74) is 0.620. The van der Waals surface area contributed by atoms with Crippen molar-refractivity contribution in [3.05, 3.63) is 48.2 Å². The summed E-state index contributed by atoms with van der Waals surface area (Å²) in [5, 5.41) is 12.9. The molecule has 0 radical (unpaired) electrons. The minimum atomic E-state index is -0.809. The number of carbonyl (C=O) groups excluding carboxylic acids is 2. The number of hydrogen-bond donors (Lipinski definition) is 2. The minimum absolute atomic E-state index is 0.0745. The molecule has 1 amide bonds. The van der Waals surface area contributed by atoms with Gasteiger partial charge in [-0.15, -0.1) is 0 Å². The molecular formula is C20H31N2O4+. The van der Waals surface area contributed by atoms with Crippen LogP contribution in [0.25, 0.3) is 0 Å². The highest BCUT2D eigenvalue weighted by Gasteiger charge is 2.29. The molecule has 0 aromatic heterocycles. The van der Waals surface area contributed by atoms with Crippen LogP contribution in [0, 0.1) is 0 Å². The first kappa shape index (κ1) is 21.9. The Labute approximate surface area is 156 Å². The number of esters is 1. The number of nitrogens with zero attached hydrogens (tertiary/aromatic N) is 1. The zero-order valence-electron chi connectivity index (χ0n) is 16.4. The number of benzene rings is 1. The zero-order valence-corrected chi connectivity index (χ0v) is 16.4. The molecule has 0 bridgehead atoms. The molecule has 0 aliphatic heterocycles. The minimum Gasteiger partial charge on any atom is -0.458 e. The smallest absolute Gasteiger partial charge is 0.329 e. The van der Waals surface area contributed by atoms with Crippen LogP contribution in [-0.2, 0) is 20.7 Å². The molecule has 6 heteroatoms. The third kappa shape index (κ3) is 7.37. The molecule has 2 N–H and O–H groups in total. The molecule has 1 aromatic rings. The second-order valence-electron chi connectivity index (χ2n) is 7.54. The third-order valence-electron chi connectivity index (χ3n) is 3.97. The standard InChI is InChI=1S/C20H30N2O4/c1-7-22(6,25)15(2)13-18(23)21-17(19(24)26-20(3,4)5)14-16-11-9-8-10-12-16/h8-12,17,25H,2,7,13-14H2,1,3-6H3/p+1/t17-,22?/m0/s1. The van der Waals surface area contributed by atoms with E-state index in [0.717, 1.165) is 5.56 Å². The maximum Gasteiger partial charge on any atom is 0.329 e. The molecule has 144 valence electrons. The van der Waals surface area contributed by atoms with E-state index in [0.29, 0.717) is 18.7 Å². The van der Waals surface area contributed by atoms with Crippen molar-refractivity contribution in [2.24, 2.45) is 0 Å². The Hall–Kier alpha value is -2.18. The first-order valence-corrected chi connectivity index (χ1v) is 8.77. The average molecular weight is 363 g/mol. The molecule has 1 aromatic carbocycles. The Morgan fingerprint density at radius 3 is 2.35 bits per heavy atom. The average Bonchev–Trinajstić information content (AvgIpc) is 2.53. The number of rotatable bonds is 8. The Morgan fingerprint density at radius 1 is 1.27 bits per heavy atom. The van der Waals surface area contributed by atoms with Gasteiger partial charge in [-0.05, 0) is 39.8 Å². The van der Waals surface area contributed by atoms with Crippen LogP contribution < -0.4 is 5.32 Å². The van der Waals surface area contributed by atoms with Gasteiger partial charge in [-0.1, -0.05) is 30.3 Å². The molecule has 6 nitrogen and oxygen atoms in total. The first-order valence-electron chi connectivity index (χ1n) is 8.77. The topological polar surface area (TPSA) is 75.6 Å². The highest BCUT2D eigenvalue weighted by molar-refractivity contribution is 5.85. The largest absolute Gasteiger partial charge is 0.458 e. The molecule has 0 heterocycles. The van der Waals surface area contributed by atoms with Crippen LogP contribution in [0.5, 0.6) is 0 Å². The number of amides is 1. The SMILES string of the molecule is C=C(CC(=O)N[C@@H](Cc1ccccc1)C(=O)OC(C)(C)C)[N+](C)(O)CC. The van der Waals surface area contributed by atoms with Crippen LogP contribution in [0.15, 0.2) is 42.6 Å². The molecule has 0 aliphatic rings. The molecule has 0 aliphatic carbocycles. The van der Waals surface area contributed by atoms with Gasteiger partial charge in [0.25, 0.3) is 0 Å². The monoisotopic (exact) mass is 363 g/mol. The van der Waals surface area contributed by atoms with Gasteiger partial charge in [-0.2, -0.15) is 4.65 Å². The van der Waals surface area contributed by atoms with E-state index >= 15 is 0 Å². The van der Waals surface area contributed by atoms with Crippen LogP contribution in [0.1, 0.15) is 39.7 Å². The maximum absolute atomic E-state index is 12.5. The fourth-order valence-corrected chi connectivity index (χ4v) is 2.24. The van der Waals surface area contributed by atoms with Crippen molar-refractivity contribution >= 4 is 11.9 Å². The fraction of sp³-hybridized carbons (Fsp3) is 0.500. The van der Waals surface area contributed by atoms with E-state index in [1.807, 2.05) is 30.3 Å². The second-order valence-corrected chi connectivity index (χ2v) is 7.54. The van der Waals surface area contributed by atoms with Crippen LogP contribution in [0.2, 0.25) is 0 Å². The van der Waals surface area contributed by atoms with Crippen molar-refractivity contribution < 1.29 is 24.2 Å². The summed E-state index contributed by atoms with van der Waals surface area (Å²) in [6.07, 6.45) is 0.252. The first-order chi connectivity index (χ1) is 11.9. The predicted octanol–water partition coefficient (Wildman–Crippen LogP) is 2.82. The van der Waals surface area contributed by atoms with Gasteiger partial charge in [0, 0.05) is 6.42 Å². The van der Waals surface area contributed by atoms with Gasteiger partial charge in [0.15, 0.2) is 0 Å². The molecule has 0 fully saturated rings. The summed E-state index contributed by atoms with van der Waals surface area (Å²) in [4.78, 5) is 24.9. The molecule has 2 atom stereocenters. The van der Waals surface area contributed by atoms with E-state index in [2.05, 4.69) is 11.9 Å². The Balaban J connectivity index is 2.86. The van der Waals surface area contributed by atoms with Gasteiger partial charge in [-0.25, -0.2) is 10.0 Å². The van der Waals surface area contributed by atoms with Gasteiger partial charge in [0.1, 0.15) is 37.4 Å². The fourth-order valence-electron chi connectivity index (χ4n) is 2.24. The van der Waals surface area contributed by atoms with E-state index in [-0.39, 0.29) is 12.3 Å². The van der Waals surface area contributed by atoms with Crippen LogP contribution >= 0.6 is 0 Å². The summed E-state index contributed by atoms with van der Waals surface area (Å²) < 4.78 is 5.00. The van der Waals surface area contributed by atoms with Crippen molar-refractivity contribution in [3.8, 4) is 0 Å². The van der Waals surface area contributed by atoms with Crippen LogP contribution in [-0.4, -0.2) is 47.0 Å². The number of hydroxylamine groups is 3. The molecule has 1 unspecified atom stereocenters. The third-order valence-corrected chi connectivity index (χ3v) is 3.97. The van der Waals surface area contributed by atoms with E-state index < -0.39 is 22.3 Å². The van der Waals surface area contributed by atoms with Gasteiger partial charge < -0.3 is 10.1 Å². The van der Waals surface area contributed by atoms with E-state index in [4.69, 9.17) is 4.74 Å². The summed E-state index contributed by atoms with van der Waals surface area (Å²) >= 11 is 0. The number of hydrogen-bond acceptors (Lipinski definition) is 4. The lowest BCUT2D eigenvalue weighted by molar-refractivity contribution is -1.06. The van der Waals surface area contributed by atoms with Gasteiger partial charge >= 0.3 is 5.97 Å². The molecule has 26 heavy (non-hydrogen) atoms. The normalized spacial score (nSPS) is 14.8. The maximum atomic E-state index is 12.5. The van der Waals surface area contributed by atoms with E-state index in [1.165, 1.54) is 0 Å². The summed E-state index contributed by atoms with van der Waals surface area (Å²) in [7, 11) is 1.56. The zero-order chi connectivity index (χ0) is 20.0. The highest BCUT2D eigenvalue weighted by atomic mass is 16.6. The number of quaternary nitrogens is 1. The van der Waals surface area contributed by atoms with Crippen molar-refractivity contribution in [2.75, 3.05) is 13.6 Å². The summed E-state index contributed by atoms with van der Waals surface area (Å²) in [5.74, 6) is -0.870. The molecule has 0 spiro atoms. The van der Waals surface area contributed by atoms with Crippen molar-refractivity contribution in [2.45, 2.75) is 52.2 Å². The molecule has 0 saturated heterocycles. The lowest BCUT2D eigenvalue weighted by Gasteiger charge is -2.26. The Morgan fingerprint density at radius 2 is 1.85 bits per heavy atom. The van der Waals surface area contributed by atoms with Gasteiger partial charge in [0.2, 0.25) is 5.91 Å². The van der Waals surface area contributed by atoms with Crippen molar-refractivity contribution in [1.82, 2.24) is 5.32 Å². The summed E-state index contributed by atoms with van der Waals surface area (Å²) in [6.45, 7) is 11.3. The van der Waals surface area contributed by atoms with Crippen LogP contribution in [0.3, 0.4) is 0 Å². The number of carbonyl (C=O) groups is 2. The van der Waals surface area contributed by atoms with E-state index in [9.17, 15) is 14.8 Å². The lowest BCUT2D eigenvalue weighted by Crippen LogP contribution is -2.47. The van der Waals surface area contributed by atoms with Crippen molar-refractivity contribution in [1.29, 1.82) is 0 Å². The number of ether oxygens (including phenoxy) is 1. The molecule has 1 rings (SSSR count). The second kappa shape index (κ2) is 8.96. The Bertz CT molecular complexity index is 633. The van der Waals surface area contributed by atoms with Gasteiger partial charge in [-0.3, -0.25) is 4.79 Å². The lowest BCUT2D eigenvalue weighted by atomic mass is 10.1. The highest BCUT2D eigenvalue weighted by Crippen LogP contribution is 2.14. The van der Waals surface area contributed by atoms with Crippen LogP contribution in [0.4, 0.5) is 0 Å². The predicted molar refractivity (Wildman–Crippen MR) is 100 cm³/mol. The number of nitrogens with one attached hydrogen (secondary N) is 1. The summed E-state index contributed by atoms with van der Waals surface area (Å²) in [6, 6.07) is 8.61.